The van der Waals surface area contributed by atoms with E-state index in [0.29, 0.717) is 22.6 Å². The molecule has 0 aliphatic rings. The summed E-state index contributed by atoms with van der Waals surface area (Å²) in [5, 5.41) is 24.0. The van der Waals surface area contributed by atoms with Crippen LogP contribution in [0.1, 0.15) is 11.1 Å². The molecule has 0 fully saturated rings. The maximum Gasteiger partial charge on any atom is 0.269 e. The Balaban J connectivity index is 1.99. The smallest absolute Gasteiger partial charge is 0.269 e. The summed E-state index contributed by atoms with van der Waals surface area (Å²) < 4.78 is 5.36. The fraction of sp³-hybridized carbons (Fsp3) is 0.188. The van der Waals surface area contributed by atoms with E-state index in [2.05, 4.69) is 5.32 Å². The molecule has 0 saturated carbocycles. The average Bonchev–Trinajstić information content (AvgIpc) is 2.55. The van der Waals surface area contributed by atoms with E-state index in [1.54, 1.807) is 13.8 Å². The summed E-state index contributed by atoms with van der Waals surface area (Å²) >= 11 is 0. The monoisotopic (exact) mass is 345 g/mol. The van der Waals surface area contributed by atoms with Crippen LogP contribution in [0, 0.1) is 34.1 Å². The molecule has 1 N–H and O–H groups in total. The van der Waals surface area contributed by atoms with Crippen molar-refractivity contribution in [3.05, 3.63) is 67.8 Å². The highest BCUT2D eigenvalue weighted by atomic mass is 16.6. The number of carbonyl (C=O) groups is 1. The Labute approximate surface area is 142 Å². The number of carbonyl (C=O) groups excluding carboxylic acids is 1. The predicted octanol–water partition coefficient (Wildman–Crippen LogP) is 3.14. The second-order valence-corrected chi connectivity index (χ2v) is 5.30. The van der Waals surface area contributed by atoms with Gasteiger partial charge in [0.15, 0.2) is 6.61 Å². The first-order valence-corrected chi connectivity index (χ1v) is 7.20. The summed E-state index contributed by atoms with van der Waals surface area (Å²) in [6.07, 6.45) is 0. The van der Waals surface area contributed by atoms with E-state index in [0.717, 1.165) is 0 Å². The molecule has 0 radical (unpaired) electrons. The Bertz CT molecular complexity index is 850. The normalized spacial score (nSPS) is 10.2. The number of hydrogen-bond donors (Lipinski definition) is 1. The van der Waals surface area contributed by atoms with E-state index in [1.807, 2.05) is 0 Å². The van der Waals surface area contributed by atoms with Crippen LogP contribution in [0.4, 0.5) is 17.1 Å². The highest BCUT2D eigenvalue weighted by molar-refractivity contribution is 5.92. The maximum absolute atomic E-state index is 12.0. The Morgan fingerprint density at radius 3 is 2.08 bits per heavy atom. The Morgan fingerprint density at radius 1 is 1.00 bits per heavy atom. The van der Waals surface area contributed by atoms with Gasteiger partial charge in [-0.25, -0.2) is 0 Å². The standard InChI is InChI=1S/C16H15N3O6/c1-10-7-12(18(21)22)3-5-14(10)17-16(20)9-25-15-6-4-13(19(23)24)8-11(15)2/h3-8H,9H2,1-2H3,(H,17,20). The number of nitrogens with one attached hydrogen (secondary N) is 1. The SMILES string of the molecule is Cc1cc([N+](=O)[O-])ccc1NC(=O)COc1ccc([N+](=O)[O-])cc1C. The summed E-state index contributed by atoms with van der Waals surface area (Å²) in [6.45, 7) is 2.99. The Kier molecular flexibility index (Phi) is 5.28. The Hall–Kier alpha value is -3.49. The number of rotatable bonds is 6. The zero-order valence-electron chi connectivity index (χ0n) is 13.5. The number of ether oxygens (including phenoxy) is 1. The molecule has 2 aromatic rings. The quantitative estimate of drug-likeness (QED) is 0.633. The van der Waals surface area contributed by atoms with Crippen molar-refractivity contribution in [3.8, 4) is 5.75 Å². The van der Waals surface area contributed by atoms with Crippen LogP contribution in [0.15, 0.2) is 36.4 Å². The lowest BCUT2D eigenvalue weighted by atomic mass is 10.2. The third-order valence-electron chi connectivity index (χ3n) is 3.42. The van der Waals surface area contributed by atoms with Crippen LogP contribution in [0.3, 0.4) is 0 Å². The van der Waals surface area contributed by atoms with Crippen LogP contribution in [-0.2, 0) is 4.79 Å². The number of nitrogens with zero attached hydrogens (tertiary/aromatic N) is 2. The number of nitro benzene ring substituents is 2. The minimum absolute atomic E-state index is 0.0594. The zero-order chi connectivity index (χ0) is 18.6. The maximum atomic E-state index is 12.0. The van der Waals surface area contributed by atoms with E-state index < -0.39 is 15.8 Å². The van der Waals surface area contributed by atoms with Crippen LogP contribution in [0.2, 0.25) is 0 Å². The molecule has 1 amide bonds. The van der Waals surface area contributed by atoms with Gasteiger partial charge < -0.3 is 10.1 Å². The van der Waals surface area contributed by atoms with Gasteiger partial charge in [-0.05, 0) is 37.1 Å². The fourth-order valence-corrected chi connectivity index (χ4v) is 2.14. The third-order valence-corrected chi connectivity index (χ3v) is 3.42. The van der Waals surface area contributed by atoms with Gasteiger partial charge in [-0.1, -0.05) is 0 Å². The van der Waals surface area contributed by atoms with Crippen molar-refractivity contribution in [1.82, 2.24) is 0 Å². The van der Waals surface area contributed by atoms with Crippen LogP contribution >= 0.6 is 0 Å². The first kappa shape index (κ1) is 17.9. The predicted molar refractivity (Wildman–Crippen MR) is 89.8 cm³/mol. The lowest BCUT2D eigenvalue weighted by Crippen LogP contribution is -2.21. The molecular weight excluding hydrogens is 330 g/mol. The van der Waals surface area contributed by atoms with Crippen molar-refractivity contribution in [2.75, 3.05) is 11.9 Å². The van der Waals surface area contributed by atoms with Gasteiger partial charge in [0.25, 0.3) is 17.3 Å². The van der Waals surface area contributed by atoms with Gasteiger partial charge in [0, 0.05) is 30.0 Å². The lowest BCUT2D eigenvalue weighted by Gasteiger charge is -2.11. The van der Waals surface area contributed by atoms with Crippen LogP contribution in [0.25, 0.3) is 0 Å². The number of aryl methyl sites for hydroxylation is 2. The topological polar surface area (TPSA) is 125 Å². The highest BCUT2D eigenvalue weighted by Crippen LogP contribution is 2.24. The third kappa shape index (κ3) is 4.50. The molecule has 2 rings (SSSR count). The number of non-ortho nitro benzene ring substituents is 2. The van der Waals surface area contributed by atoms with E-state index in [4.69, 9.17) is 4.74 Å². The van der Waals surface area contributed by atoms with Crippen molar-refractivity contribution in [1.29, 1.82) is 0 Å². The van der Waals surface area contributed by atoms with E-state index in [1.165, 1.54) is 36.4 Å². The minimum Gasteiger partial charge on any atom is -0.483 e. The van der Waals surface area contributed by atoms with Gasteiger partial charge in [0.1, 0.15) is 5.75 Å². The lowest BCUT2D eigenvalue weighted by molar-refractivity contribution is -0.385. The molecule has 130 valence electrons. The van der Waals surface area contributed by atoms with E-state index >= 15 is 0 Å². The molecule has 0 unspecified atom stereocenters. The fourth-order valence-electron chi connectivity index (χ4n) is 2.14. The molecule has 9 nitrogen and oxygen atoms in total. The minimum atomic E-state index is -0.515. The van der Waals surface area contributed by atoms with Gasteiger partial charge in [-0.2, -0.15) is 0 Å². The van der Waals surface area contributed by atoms with Gasteiger partial charge >= 0.3 is 0 Å². The van der Waals surface area contributed by atoms with Gasteiger partial charge in [0.2, 0.25) is 0 Å². The van der Waals surface area contributed by atoms with Gasteiger partial charge in [0.05, 0.1) is 9.85 Å². The largest absolute Gasteiger partial charge is 0.483 e. The number of benzene rings is 2. The van der Waals surface area contributed by atoms with Crippen molar-refractivity contribution in [2.24, 2.45) is 0 Å². The van der Waals surface area contributed by atoms with Crippen molar-refractivity contribution in [2.45, 2.75) is 13.8 Å². The number of anilines is 1. The second kappa shape index (κ2) is 7.39. The first-order valence-electron chi connectivity index (χ1n) is 7.20. The molecule has 0 aliphatic heterocycles. The van der Waals surface area contributed by atoms with Gasteiger partial charge in [-0.3, -0.25) is 25.0 Å². The van der Waals surface area contributed by atoms with Crippen LogP contribution in [0.5, 0.6) is 5.75 Å². The Morgan fingerprint density at radius 2 is 1.56 bits per heavy atom. The molecule has 0 saturated heterocycles. The summed E-state index contributed by atoms with van der Waals surface area (Å²) in [7, 11) is 0. The molecular formula is C16H15N3O6. The molecule has 0 heterocycles. The molecule has 25 heavy (non-hydrogen) atoms. The number of amides is 1. The van der Waals surface area contributed by atoms with Gasteiger partial charge in [-0.15, -0.1) is 0 Å². The molecule has 9 heteroatoms. The van der Waals surface area contributed by atoms with E-state index in [-0.39, 0.29) is 18.0 Å². The van der Waals surface area contributed by atoms with Crippen molar-refractivity contribution < 1.29 is 19.4 Å². The average molecular weight is 345 g/mol. The molecule has 0 atom stereocenters. The molecule has 0 bridgehead atoms. The second-order valence-electron chi connectivity index (χ2n) is 5.30. The van der Waals surface area contributed by atoms with Crippen LogP contribution in [-0.4, -0.2) is 22.4 Å². The summed E-state index contributed by atoms with van der Waals surface area (Å²) in [6, 6.07) is 8.18. The molecule has 2 aromatic carbocycles. The van der Waals surface area contributed by atoms with Crippen LogP contribution < -0.4 is 10.1 Å². The zero-order valence-corrected chi connectivity index (χ0v) is 13.5. The molecule has 0 spiro atoms. The molecule has 0 aliphatic carbocycles. The first-order chi connectivity index (χ1) is 11.8. The number of hydrogen-bond acceptors (Lipinski definition) is 6. The van der Waals surface area contributed by atoms with E-state index in [9.17, 15) is 25.0 Å². The molecule has 0 aromatic heterocycles. The summed E-state index contributed by atoms with van der Waals surface area (Å²) in [5.74, 6) is -0.0872. The van der Waals surface area contributed by atoms with Crippen molar-refractivity contribution in [3.63, 3.8) is 0 Å². The summed E-state index contributed by atoms with van der Waals surface area (Å²) in [5.41, 5.74) is 1.41. The number of nitro groups is 2. The van der Waals surface area contributed by atoms with Crippen molar-refractivity contribution >= 4 is 23.0 Å². The highest BCUT2D eigenvalue weighted by Gasteiger charge is 2.12. The summed E-state index contributed by atoms with van der Waals surface area (Å²) in [4.78, 5) is 32.3.